The van der Waals surface area contributed by atoms with Crippen molar-refractivity contribution < 1.29 is 19.5 Å². The second-order valence-electron chi connectivity index (χ2n) is 6.78. The Bertz CT molecular complexity index is 815. The van der Waals surface area contributed by atoms with Gasteiger partial charge in [-0.05, 0) is 36.4 Å². The maximum absolute atomic E-state index is 12.8. The minimum absolute atomic E-state index is 0.0602. The molecule has 0 aliphatic carbocycles. The van der Waals surface area contributed by atoms with E-state index in [1.165, 1.54) is 4.90 Å². The molecule has 27 heavy (non-hydrogen) atoms. The second kappa shape index (κ2) is 8.39. The van der Waals surface area contributed by atoms with Crippen molar-refractivity contribution in [3.8, 4) is 0 Å². The third-order valence-electron chi connectivity index (χ3n) is 4.80. The number of piperidine rings is 1. The Labute approximate surface area is 161 Å². The summed E-state index contributed by atoms with van der Waals surface area (Å²) in [4.78, 5) is 40.6. The summed E-state index contributed by atoms with van der Waals surface area (Å²) in [5, 5.41) is 11.2. The second-order valence-corrected chi connectivity index (χ2v) is 7.81. The third-order valence-corrected chi connectivity index (χ3v) is 5.66. The standard InChI is InChI=1S/C19H23N3O4S/c1-20(13-17(23)22-9-2-5-14(11-22)19(25)26)18(24)16-7-3-8-21(16)12-15-6-4-10-27-15/h3-4,6-8,10,14H,2,5,9,11-13H2,1H3,(H,25,26). The molecule has 2 aromatic heterocycles. The van der Waals surface area contributed by atoms with Gasteiger partial charge in [0, 0.05) is 31.2 Å². The summed E-state index contributed by atoms with van der Waals surface area (Å²) in [7, 11) is 1.60. The topological polar surface area (TPSA) is 82.9 Å². The van der Waals surface area contributed by atoms with E-state index in [4.69, 9.17) is 5.11 Å². The van der Waals surface area contributed by atoms with Gasteiger partial charge in [-0.2, -0.15) is 0 Å². The predicted molar refractivity (Wildman–Crippen MR) is 102 cm³/mol. The van der Waals surface area contributed by atoms with Crippen molar-refractivity contribution in [1.82, 2.24) is 14.4 Å². The van der Waals surface area contributed by atoms with Crippen molar-refractivity contribution in [1.29, 1.82) is 0 Å². The molecule has 1 aliphatic heterocycles. The Hall–Kier alpha value is -2.61. The zero-order valence-electron chi connectivity index (χ0n) is 15.2. The summed E-state index contributed by atoms with van der Waals surface area (Å²) < 4.78 is 1.87. The van der Waals surface area contributed by atoms with Gasteiger partial charge >= 0.3 is 5.97 Å². The number of aliphatic carboxylic acids is 1. The molecule has 1 atom stereocenters. The summed E-state index contributed by atoms with van der Waals surface area (Å²) in [6.07, 6.45) is 3.11. The van der Waals surface area contributed by atoms with Gasteiger partial charge in [-0.1, -0.05) is 6.07 Å². The van der Waals surface area contributed by atoms with E-state index in [1.807, 2.05) is 34.3 Å². The normalized spacial score (nSPS) is 16.9. The lowest BCUT2D eigenvalue weighted by Gasteiger charge is -2.32. The SMILES string of the molecule is CN(CC(=O)N1CCCC(C(=O)O)C1)C(=O)c1cccn1Cc1cccs1. The number of hydrogen-bond donors (Lipinski definition) is 1. The molecule has 0 spiro atoms. The smallest absolute Gasteiger partial charge is 0.308 e. The minimum Gasteiger partial charge on any atom is -0.481 e. The largest absolute Gasteiger partial charge is 0.481 e. The number of carbonyl (C=O) groups excluding carboxylic acids is 2. The summed E-state index contributed by atoms with van der Waals surface area (Å²) in [5.74, 6) is -1.83. The van der Waals surface area contributed by atoms with Gasteiger partial charge < -0.3 is 19.5 Å². The molecular formula is C19H23N3O4S. The van der Waals surface area contributed by atoms with E-state index in [2.05, 4.69) is 0 Å². The average Bonchev–Trinajstić information content (AvgIpc) is 3.33. The van der Waals surface area contributed by atoms with Gasteiger partial charge in [-0.3, -0.25) is 14.4 Å². The quantitative estimate of drug-likeness (QED) is 0.819. The molecule has 144 valence electrons. The molecule has 0 aromatic carbocycles. The number of carboxylic acids is 1. The predicted octanol–water partition coefficient (Wildman–Crippen LogP) is 1.99. The molecule has 1 N–H and O–H groups in total. The number of carboxylic acid groups (broad SMARTS) is 1. The third kappa shape index (κ3) is 4.57. The summed E-state index contributed by atoms with van der Waals surface area (Å²) in [5.41, 5.74) is 0.528. The maximum atomic E-state index is 12.8. The number of rotatable bonds is 6. The van der Waals surface area contributed by atoms with Gasteiger partial charge in [0.1, 0.15) is 5.69 Å². The lowest BCUT2D eigenvalue weighted by molar-refractivity contribution is -0.145. The number of amides is 2. The molecule has 8 heteroatoms. The Morgan fingerprint density at radius 1 is 1.30 bits per heavy atom. The van der Waals surface area contributed by atoms with Crippen LogP contribution >= 0.6 is 11.3 Å². The summed E-state index contributed by atoms with van der Waals surface area (Å²) in [6.45, 7) is 1.31. The van der Waals surface area contributed by atoms with Gasteiger partial charge in [0.05, 0.1) is 19.0 Å². The fourth-order valence-electron chi connectivity index (χ4n) is 3.29. The Balaban J connectivity index is 1.62. The lowest BCUT2D eigenvalue weighted by atomic mass is 9.98. The van der Waals surface area contributed by atoms with E-state index in [0.717, 1.165) is 4.88 Å². The Morgan fingerprint density at radius 2 is 2.11 bits per heavy atom. The molecule has 2 amide bonds. The summed E-state index contributed by atoms with van der Waals surface area (Å²) in [6, 6.07) is 7.55. The highest BCUT2D eigenvalue weighted by molar-refractivity contribution is 7.09. The van der Waals surface area contributed by atoms with Crippen LogP contribution in [0.4, 0.5) is 0 Å². The van der Waals surface area contributed by atoms with Gasteiger partial charge in [-0.25, -0.2) is 0 Å². The van der Waals surface area contributed by atoms with E-state index in [1.54, 1.807) is 29.4 Å². The van der Waals surface area contributed by atoms with Crippen LogP contribution in [-0.4, -0.2) is 63.9 Å². The number of likely N-dealkylation sites (tertiary alicyclic amines) is 1. The zero-order valence-corrected chi connectivity index (χ0v) is 16.0. The van der Waals surface area contributed by atoms with Gasteiger partial charge in [0.25, 0.3) is 5.91 Å². The van der Waals surface area contributed by atoms with E-state index in [0.29, 0.717) is 31.6 Å². The number of aromatic nitrogens is 1. The van der Waals surface area contributed by atoms with Crippen LogP contribution in [0.25, 0.3) is 0 Å². The highest BCUT2D eigenvalue weighted by Crippen LogP contribution is 2.17. The van der Waals surface area contributed by atoms with Crippen molar-refractivity contribution in [2.45, 2.75) is 19.4 Å². The highest BCUT2D eigenvalue weighted by Gasteiger charge is 2.29. The highest BCUT2D eigenvalue weighted by atomic mass is 32.1. The van der Waals surface area contributed by atoms with Crippen LogP contribution in [0, 0.1) is 5.92 Å². The lowest BCUT2D eigenvalue weighted by Crippen LogP contribution is -2.47. The molecule has 0 bridgehead atoms. The molecule has 1 aliphatic rings. The number of likely N-dealkylation sites (N-methyl/N-ethyl adjacent to an activating group) is 1. The molecule has 0 saturated carbocycles. The van der Waals surface area contributed by atoms with Crippen LogP contribution in [0.5, 0.6) is 0 Å². The van der Waals surface area contributed by atoms with Crippen LogP contribution in [0.1, 0.15) is 28.2 Å². The molecule has 0 radical (unpaired) electrons. The maximum Gasteiger partial charge on any atom is 0.308 e. The first-order chi connectivity index (χ1) is 13.0. The first-order valence-corrected chi connectivity index (χ1v) is 9.77. The molecule has 7 nitrogen and oxygen atoms in total. The molecular weight excluding hydrogens is 366 g/mol. The minimum atomic E-state index is -0.872. The van der Waals surface area contributed by atoms with Crippen LogP contribution in [0.15, 0.2) is 35.8 Å². The van der Waals surface area contributed by atoms with Gasteiger partial charge in [0.15, 0.2) is 0 Å². The first kappa shape index (κ1) is 19.2. The number of nitrogens with zero attached hydrogens (tertiary/aromatic N) is 3. The monoisotopic (exact) mass is 389 g/mol. The van der Waals surface area contributed by atoms with E-state index in [-0.39, 0.29) is 24.9 Å². The molecule has 3 rings (SSSR count). The van der Waals surface area contributed by atoms with Crippen molar-refractivity contribution in [3.63, 3.8) is 0 Å². The molecule has 1 fully saturated rings. The van der Waals surface area contributed by atoms with Crippen molar-refractivity contribution in [3.05, 3.63) is 46.4 Å². The number of hydrogen-bond acceptors (Lipinski definition) is 4. The molecule has 1 unspecified atom stereocenters. The zero-order chi connectivity index (χ0) is 19.4. The molecule has 3 heterocycles. The van der Waals surface area contributed by atoms with Crippen LogP contribution in [0.3, 0.4) is 0 Å². The van der Waals surface area contributed by atoms with E-state index < -0.39 is 11.9 Å². The molecule has 2 aromatic rings. The number of carbonyl (C=O) groups is 3. The van der Waals surface area contributed by atoms with Crippen LogP contribution in [-0.2, 0) is 16.1 Å². The molecule has 1 saturated heterocycles. The average molecular weight is 389 g/mol. The van der Waals surface area contributed by atoms with E-state index in [9.17, 15) is 14.4 Å². The fraction of sp³-hybridized carbons (Fsp3) is 0.421. The Kier molecular flexibility index (Phi) is 5.95. The van der Waals surface area contributed by atoms with Crippen molar-refractivity contribution >= 4 is 29.1 Å². The van der Waals surface area contributed by atoms with Crippen molar-refractivity contribution in [2.24, 2.45) is 5.92 Å². The number of thiophene rings is 1. The Morgan fingerprint density at radius 3 is 2.81 bits per heavy atom. The van der Waals surface area contributed by atoms with Gasteiger partial charge in [0.2, 0.25) is 5.91 Å². The van der Waals surface area contributed by atoms with Crippen LogP contribution < -0.4 is 0 Å². The first-order valence-electron chi connectivity index (χ1n) is 8.89. The summed E-state index contributed by atoms with van der Waals surface area (Å²) >= 11 is 1.63. The van der Waals surface area contributed by atoms with Crippen molar-refractivity contribution in [2.75, 3.05) is 26.7 Å². The van der Waals surface area contributed by atoms with Crippen LogP contribution in [0.2, 0.25) is 0 Å². The fourth-order valence-corrected chi connectivity index (χ4v) is 3.99. The van der Waals surface area contributed by atoms with E-state index >= 15 is 0 Å². The van der Waals surface area contributed by atoms with Gasteiger partial charge in [-0.15, -0.1) is 11.3 Å².